The quantitative estimate of drug-likeness (QED) is 0.241. The minimum absolute atomic E-state index is 0.0243. The summed E-state index contributed by atoms with van der Waals surface area (Å²) in [7, 11) is 0. The van der Waals surface area contributed by atoms with Gasteiger partial charge in [-0.1, -0.05) is 60.7 Å². The summed E-state index contributed by atoms with van der Waals surface area (Å²) in [6, 6.07) is 19.3. The van der Waals surface area contributed by atoms with Crippen LogP contribution < -0.4 is 5.32 Å². The van der Waals surface area contributed by atoms with E-state index in [4.69, 9.17) is 19.4 Å². The highest BCUT2D eigenvalue weighted by Gasteiger charge is 2.38. The molecule has 10 nitrogen and oxygen atoms in total. The summed E-state index contributed by atoms with van der Waals surface area (Å²) in [4.78, 5) is 51.0. The molecule has 2 N–H and O–H groups in total. The Morgan fingerprint density at radius 1 is 0.936 bits per heavy atom. The average Bonchev–Trinajstić information content (AvgIpc) is 3.04. The Hall–Kier alpha value is -4.13. The second kappa shape index (κ2) is 20.9. The lowest BCUT2D eigenvalue weighted by Gasteiger charge is -2.33. The van der Waals surface area contributed by atoms with Crippen LogP contribution in [0.3, 0.4) is 0 Å². The van der Waals surface area contributed by atoms with Gasteiger partial charge in [-0.3, -0.25) is 4.79 Å². The largest absolute Gasteiger partial charge is 0.490 e. The van der Waals surface area contributed by atoms with Gasteiger partial charge in [-0.15, -0.1) is 0 Å². The van der Waals surface area contributed by atoms with E-state index in [1.54, 1.807) is 18.7 Å². The van der Waals surface area contributed by atoms with E-state index in [0.29, 0.717) is 19.0 Å². The summed E-state index contributed by atoms with van der Waals surface area (Å²) in [5, 5.41) is 9.95. The van der Waals surface area contributed by atoms with Gasteiger partial charge in [0, 0.05) is 19.5 Å². The number of nitrogens with zero attached hydrogens (tertiary/aromatic N) is 2. The molecule has 0 radical (unpaired) electrons. The molecule has 2 aromatic carbocycles. The zero-order valence-electron chi connectivity index (χ0n) is 27.0. The third kappa shape index (κ3) is 15.8. The van der Waals surface area contributed by atoms with Crippen LogP contribution in [0.4, 0.5) is 18.0 Å². The monoisotopic (exact) mass is 665 g/mol. The minimum atomic E-state index is -5.08. The number of nitrogens with one attached hydrogen (secondary N) is 1. The molecule has 0 bridgehead atoms. The fourth-order valence-electron chi connectivity index (χ4n) is 5.13. The number of amides is 2. The van der Waals surface area contributed by atoms with Crippen LogP contribution in [-0.2, 0) is 36.8 Å². The van der Waals surface area contributed by atoms with Crippen LogP contribution in [0, 0.1) is 5.92 Å². The molecular formula is C34H46F3N3O7. The highest BCUT2D eigenvalue weighted by Crippen LogP contribution is 2.22. The summed E-state index contributed by atoms with van der Waals surface area (Å²) in [5.41, 5.74) is 2.42. The number of halogens is 3. The van der Waals surface area contributed by atoms with Crippen LogP contribution in [0.2, 0.25) is 0 Å². The smallest absolute Gasteiger partial charge is 0.475 e. The van der Waals surface area contributed by atoms with Gasteiger partial charge < -0.3 is 29.7 Å². The molecule has 3 rings (SSSR count). The third-order valence-electron chi connectivity index (χ3n) is 7.53. The van der Waals surface area contributed by atoms with Crippen LogP contribution in [-0.4, -0.2) is 90.5 Å². The van der Waals surface area contributed by atoms with Crippen molar-refractivity contribution in [3.8, 4) is 0 Å². The van der Waals surface area contributed by atoms with Gasteiger partial charge in [-0.2, -0.15) is 13.2 Å². The first-order valence-corrected chi connectivity index (χ1v) is 15.9. The lowest BCUT2D eigenvalue weighted by molar-refractivity contribution is -0.192. The summed E-state index contributed by atoms with van der Waals surface area (Å²) in [6.07, 6.45) is -0.597. The Balaban J connectivity index is 0.000000984. The van der Waals surface area contributed by atoms with E-state index >= 15 is 0 Å². The number of ether oxygens (including phenoxy) is 2. The van der Waals surface area contributed by atoms with Crippen LogP contribution in [0.1, 0.15) is 57.1 Å². The summed E-state index contributed by atoms with van der Waals surface area (Å²) in [6.45, 7) is 7.96. The molecule has 1 atom stereocenters. The maximum absolute atomic E-state index is 13.4. The number of likely N-dealkylation sites (tertiary alicyclic amines) is 1. The Morgan fingerprint density at radius 2 is 1.49 bits per heavy atom. The van der Waals surface area contributed by atoms with Crippen LogP contribution in [0.5, 0.6) is 0 Å². The molecule has 1 heterocycles. The Morgan fingerprint density at radius 3 is 2.02 bits per heavy atom. The molecule has 0 unspecified atom stereocenters. The highest BCUT2D eigenvalue weighted by atomic mass is 19.4. The molecule has 1 aliphatic heterocycles. The van der Waals surface area contributed by atoms with E-state index in [9.17, 15) is 27.6 Å². The number of hydrogen-bond donors (Lipinski definition) is 2. The number of piperidine rings is 1. The number of carbonyl (C=O) groups is 4. The molecule has 1 aliphatic rings. The van der Waals surface area contributed by atoms with Crippen molar-refractivity contribution in [2.75, 3.05) is 39.4 Å². The molecule has 260 valence electrons. The second-order valence-corrected chi connectivity index (χ2v) is 11.1. The number of esters is 2. The van der Waals surface area contributed by atoms with Crippen molar-refractivity contribution in [2.45, 2.75) is 71.1 Å². The zero-order chi connectivity index (χ0) is 34.7. The number of aliphatic carboxylic acids is 1. The Labute approximate surface area is 274 Å². The van der Waals surface area contributed by atoms with E-state index in [1.165, 1.54) is 18.4 Å². The van der Waals surface area contributed by atoms with E-state index in [1.807, 2.05) is 30.3 Å². The van der Waals surface area contributed by atoms with Crippen molar-refractivity contribution in [3.05, 3.63) is 71.8 Å². The fourth-order valence-corrected chi connectivity index (χ4v) is 5.13. The number of carbonyl (C=O) groups excluding carboxylic acids is 3. The molecule has 1 saturated heterocycles. The molecule has 47 heavy (non-hydrogen) atoms. The molecule has 2 amide bonds. The minimum Gasteiger partial charge on any atom is -0.475 e. The molecule has 0 spiro atoms. The predicted molar refractivity (Wildman–Crippen MR) is 169 cm³/mol. The third-order valence-corrected chi connectivity index (χ3v) is 7.53. The van der Waals surface area contributed by atoms with Crippen molar-refractivity contribution in [1.82, 2.24) is 15.1 Å². The summed E-state index contributed by atoms with van der Waals surface area (Å²) in [5.74, 6) is -2.99. The van der Waals surface area contributed by atoms with Crippen LogP contribution in [0.25, 0.3) is 0 Å². The maximum Gasteiger partial charge on any atom is 0.490 e. The van der Waals surface area contributed by atoms with Crippen molar-refractivity contribution in [1.29, 1.82) is 0 Å². The topological polar surface area (TPSA) is 125 Å². The predicted octanol–water partition coefficient (Wildman–Crippen LogP) is 5.45. The number of carboxylic acid groups (broad SMARTS) is 1. The summed E-state index contributed by atoms with van der Waals surface area (Å²) < 4.78 is 41.9. The first kappa shape index (κ1) is 39.1. The van der Waals surface area contributed by atoms with E-state index in [2.05, 4.69) is 40.5 Å². The number of alkyl halides is 3. The van der Waals surface area contributed by atoms with E-state index in [0.717, 1.165) is 38.0 Å². The lowest BCUT2D eigenvalue weighted by atomic mass is 9.90. The lowest BCUT2D eigenvalue weighted by Crippen LogP contribution is -2.49. The first-order valence-electron chi connectivity index (χ1n) is 15.9. The number of rotatable bonds is 15. The summed E-state index contributed by atoms with van der Waals surface area (Å²) >= 11 is 0. The van der Waals surface area contributed by atoms with Crippen LogP contribution >= 0.6 is 0 Å². The SMILES string of the molecule is CCOC(=O)CC[C@H](NC(=O)N(CCCN1CCC(Cc2ccccc2)CC1)Cc1ccccc1)C(=O)OCC.O=C(O)C(F)(F)F. The van der Waals surface area contributed by atoms with Gasteiger partial charge in [0.25, 0.3) is 0 Å². The molecule has 0 aromatic heterocycles. The Bertz CT molecular complexity index is 1220. The van der Waals surface area contributed by atoms with Crippen LogP contribution in [0.15, 0.2) is 60.7 Å². The van der Waals surface area contributed by atoms with Crippen molar-refractivity contribution >= 4 is 23.9 Å². The van der Waals surface area contributed by atoms with Gasteiger partial charge in [0.05, 0.1) is 13.2 Å². The fraction of sp³-hybridized carbons (Fsp3) is 0.529. The van der Waals surface area contributed by atoms with Gasteiger partial charge in [-0.05, 0) is 82.6 Å². The second-order valence-electron chi connectivity index (χ2n) is 11.1. The number of hydrogen-bond acceptors (Lipinski definition) is 7. The number of benzene rings is 2. The molecule has 1 fully saturated rings. The van der Waals surface area contributed by atoms with Gasteiger partial charge in [-0.25, -0.2) is 14.4 Å². The highest BCUT2D eigenvalue weighted by molar-refractivity contribution is 5.84. The van der Waals surface area contributed by atoms with Crippen molar-refractivity contribution in [2.24, 2.45) is 5.92 Å². The van der Waals surface area contributed by atoms with Gasteiger partial charge >= 0.3 is 30.1 Å². The Kier molecular flexibility index (Phi) is 17.4. The first-order chi connectivity index (χ1) is 22.4. The van der Waals surface area contributed by atoms with Gasteiger partial charge in [0.1, 0.15) is 6.04 Å². The molecule has 0 aliphatic carbocycles. The van der Waals surface area contributed by atoms with Gasteiger partial charge in [0.2, 0.25) is 0 Å². The molecular weight excluding hydrogens is 619 g/mol. The normalized spacial score (nSPS) is 14.2. The van der Waals surface area contributed by atoms with Crippen molar-refractivity contribution in [3.63, 3.8) is 0 Å². The molecule has 2 aromatic rings. The number of urea groups is 1. The average molecular weight is 666 g/mol. The molecule has 13 heteroatoms. The number of carboxylic acids is 1. The zero-order valence-corrected chi connectivity index (χ0v) is 27.0. The van der Waals surface area contributed by atoms with Gasteiger partial charge in [0.15, 0.2) is 0 Å². The standard InChI is InChI=1S/C32H45N3O5.C2HF3O2/c1-3-39-30(36)17-16-29(31(37)40-4-2)33-32(38)35(25-28-14-9-6-10-15-28)21-11-20-34-22-18-27(19-23-34)24-26-12-7-5-8-13-26;3-2(4,5)1(6)7/h5-10,12-15,27,29H,3-4,11,16-25H2,1-2H3,(H,33,38);(H,6,7)/t29-;/m0./s1. The van der Waals surface area contributed by atoms with E-state index < -0.39 is 30.1 Å². The van der Waals surface area contributed by atoms with Crippen molar-refractivity contribution < 1.29 is 46.9 Å². The van der Waals surface area contributed by atoms with E-state index in [-0.39, 0.29) is 32.1 Å². The maximum atomic E-state index is 13.4. The molecule has 0 saturated carbocycles.